The van der Waals surface area contributed by atoms with Crippen molar-refractivity contribution in [1.82, 2.24) is 15.0 Å². The van der Waals surface area contributed by atoms with E-state index in [1.165, 1.54) is 22.3 Å². The second kappa shape index (κ2) is 13.8. The van der Waals surface area contributed by atoms with Crippen LogP contribution in [0.15, 0.2) is 205 Å². The van der Waals surface area contributed by atoms with E-state index in [2.05, 4.69) is 164 Å². The summed E-state index contributed by atoms with van der Waals surface area (Å²) in [5, 5.41) is 2.15. The summed E-state index contributed by atoms with van der Waals surface area (Å²) in [7, 11) is 0. The molecule has 0 atom stereocenters. The van der Waals surface area contributed by atoms with Crippen LogP contribution in [0.4, 0.5) is 0 Å². The van der Waals surface area contributed by atoms with Gasteiger partial charge in [0.2, 0.25) is 0 Å². The van der Waals surface area contributed by atoms with E-state index >= 15 is 0 Å². The Labute approximate surface area is 319 Å². The highest BCUT2D eigenvalue weighted by molar-refractivity contribution is 6.05. The molecule has 0 aliphatic carbocycles. The van der Waals surface area contributed by atoms with Crippen molar-refractivity contribution in [2.75, 3.05) is 0 Å². The molecule has 0 saturated carbocycles. The quantitative estimate of drug-likeness (QED) is 0.166. The van der Waals surface area contributed by atoms with Gasteiger partial charge in [-0.1, -0.05) is 176 Å². The Morgan fingerprint density at radius 1 is 0.236 bits per heavy atom. The van der Waals surface area contributed by atoms with Crippen molar-refractivity contribution in [3.05, 3.63) is 200 Å². The fourth-order valence-corrected chi connectivity index (χ4v) is 7.25. The predicted octanol–water partition coefficient (Wildman–Crippen LogP) is 13.4. The van der Waals surface area contributed by atoms with Crippen LogP contribution in [0.1, 0.15) is 0 Å². The van der Waals surface area contributed by atoms with Crippen LogP contribution in [0.5, 0.6) is 0 Å². The first-order chi connectivity index (χ1) is 27.2. The molecule has 55 heavy (non-hydrogen) atoms. The van der Waals surface area contributed by atoms with Crippen LogP contribution in [-0.2, 0) is 0 Å². The van der Waals surface area contributed by atoms with E-state index in [0.717, 1.165) is 60.9 Å². The summed E-state index contributed by atoms with van der Waals surface area (Å²) < 4.78 is 6.24. The summed E-state index contributed by atoms with van der Waals surface area (Å²) in [6.45, 7) is 0. The molecule has 2 aromatic heterocycles. The molecule has 0 spiro atoms. The molecule has 0 aliphatic heterocycles. The van der Waals surface area contributed by atoms with Gasteiger partial charge in [0, 0.05) is 27.5 Å². The highest BCUT2D eigenvalue weighted by atomic mass is 16.3. The summed E-state index contributed by atoms with van der Waals surface area (Å²) in [5.41, 5.74) is 13.7. The Morgan fingerprint density at radius 2 is 0.600 bits per heavy atom. The number of hydrogen-bond acceptors (Lipinski definition) is 4. The van der Waals surface area contributed by atoms with Crippen LogP contribution in [0.2, 0.25) is 0 Å². The van der Waals surface area contributed by atoms with Gasteiger partial charge in [0.15, 0.2) is 17.5 Å². The Hall–Kier alpha value is -7.43. The molecule has 8 aromatic carbocycles. The fourth-order valence-electron chi connectivity index (χ4n) is 7.25. The Bertz CT molecular complexity index is 2930. The van der Waals surface area contributed by atoms with E-state index in [4.69, 9.17) is 19.4 Å². The fraction of sp³-hybridized carbons (Fsp3) is 0. The van der Waals surface area contributed by atoms with E-state index < -0.39 is 0 Å². The van der Waals surface area contributed by atoms with E-state index in [1.807, 2.05) is 36.4 Å². The summed E-state index contributed by atoms with van der Waals surface area (Å²) in [6, 6.07) is 69.5. The Balaban J connectivity index is 1.00. The number of para-hydroxylation sites is 1. The standard InChI is InChI=1S/C51H33N3O/c1-3-10-34(11-4-1)36-18-20-38(21-19-36)42-14-9-15-43(32-42)39-24-28-41(29-25-39)50-52-49(40-26-22-37(23-27-40)35-12-5-2-6-13-35)53-51(54-50)44-30-31-46-45-16-7-8-17-47(45)55-48(46)33-44/h1-33H. The van der Waals surface area contributed by atoms with Gasteiger partial charge in [-0.3, -0.25) is 0 Å². The zero-order chi connectivity index (χ0) is 36.6. The van der Waals surface area contributed by atoms with E-state index in [9.17, 15) is 0 Å². The first kappa shape index (κ1) is 32.2. The summed E-state index contributed by atoms with van der Waals surface area (Å²) >= 11 is 0. The molecule has 0 radical (unpaired) electrons. The van der Waals surface area contributed by atoms with Crippen molar-refractivity contribution in [2.45, 2.75) is 0 Å². The lowest BCUT2D eigenvalue weighted by molar-refractivity contribution is 0.669. The summed E-state index contributed by atoms with van der Waals surface area (Å²) in [4.78, 5) is 15.1. The Morgan fingerprint density at radius 3 is 1.13 bits per heavy atom. The lowest BCUT2D eigenvalue weighted by Gasteiger charge is -2.10. The normalized spacial score (nSPS) is 11.3. The monoisotopic (exact) mass is 703 g/mol. The number of fused-ring (bicyclic) bond motifs is 3. The van der Waals surface area contributed by atoms with Gasteiger partial charge in [0.25, 0.3) is 0 Å². The van der Waals surface area contributed by atoms with Crippen LogP contribution in [0.25, 0.3) is 101 Å². The Kier molecular flexibility index (Phi) is 8.12. The number of rotatable bonds is 7. The van der Waals surface area contributed by atoms with Gasteiger partial charge >= 0.3 is 0 Å². The van der Waals surface area contributed by atoms with Crippen molar-refractivity contribution in [2.24, 2.45) is 0 Å². The molecule has 10 rings (SSSR count). The molecule has 0 saturated heterocycles. The maximum atomic E-state index is 6.24. The van der Waals surface area contributed by atoms with E-state index in [0.29, 0.717) is 17.5 Å². The minimum Gasteiger partial charge on any atom is -0.456 e. The molecule has 258 valence electrons. The van der Waals surface area contributed by atoms with Gasteiger partial charge in [0.05, 0.1) is 0 Å². The number of hydrogen-bond donors (Lipinski definition) is 0. The molecule has 0 fully saturated rings. The molecule has 10 aromatic rings. The molecule has 4 heteroatoms. The van der Waals surface area contributed by atoms with Crippen molar-refractivity contribution >= 4 is 21.9 Å². The zero-order valence-electron chi connectivity index (χ0n) is 29.8. The molecule has 0 bridgehead atoms. The van der Waals surface area contributed by atoms with Gasteiger partial charge in [-0.25, -0.2) is 15.0 Å². The minimum atomic E-state index is 0.588. The first-order valence-corrected chi connectivity index (χ1v) is 18.4. The summed E-state index contributed by atoms with van der Waals surface area (Å²) in [6.07, 6.45) is 0. The molecular weight excluding hydrogens is 671 g/mol. The van der Waals surface area contributed by atoms with Gasteiger partial charge in [-0.15, -0.1) is 0 Å². The van der Waals surface area contributed by atoms with Crippen molar-refractivity contribution in [3.63, 3.8) is 0 Å². The maximum Gasteiger partial charge on any atom is 0.164 e. The van der Waals surface area contributed by atoms with Gasteiger partial charge in [-0.05, 0) is 68.8 Å². The number of aromatic nitrogens is 3. The highest BCUT2D eigenvalue weighted by Gasteiger charge is 2.15. The predicted molar refractivity (Wildman–Crippen MR) is 225 cm³/mol. The molecule has 0 unspecified atom stereocenters. The largest absolute Gasteiger partial charge is 0.456 e. The van der Waals surface area contributed by atoms with Gasteiger partial charge in [-0.2, -0.15) is 0 Å². The smallest absolute Gasteiger partial charge is 0.164 e. The average molecular weight is 704 g/mol. The number of nitrogens with zero attached hydrogens (tertiary/aromatic N) is 3. The van der Waals surface area contributed by atoms with Crippen LogP contribution in [-0.4, -0.2) is 15.0 Å². The van der Waals surface area contributed by atoms with Crippen LogP contribution in [0.3, 0.4) is 0 Å². The molecule has 0 N–H and O–H groups in total. The maximum absolute atomic E-state index is 6.24. The minimum absolute atomic E-state index is 0.588. The van der Waals surface area contributed by atoms with Crippen molar-refractivity contribution in [3.8, 4) is 78.7 Å². The zero-order valence-corrected chi connectivity index (χ0v) is 29.8. The third-order valence-electron chi connectivity index (χ3n) is 10.2. The van der Waals surface area contributed by atoms with Gasteiger partial charge in [0.1, 0.15) is 11.2 Å². The van der Waals surface area contributed by atoms with Gasteiger partial charge < -0.3 is 4.42 Å². The highest BCUT2D eigenvalue weighted by Crippen LogP contribution is 2.34. The second-order valence-electron chi connectivity index (χ2n) is 13.7. The second-order valence-corrected chi connectivity index (χ2v) is 13.7. The molecule has 0 aliphatic rings. The molecule has 4 nitrogen and oxygen atoms in total. The molecule has 0 amide bonds. The first-order valence-electron chi connectivity index (χ1n) is 18.4. The SMILES string of the molecule is c1ccc(-c2ccc(-c3cccc(-c4ccc(-c5nc(-c6ccc(-c7ccccc7)cc6)nc(-c6ccc7c(c6)oc6ccccc67)n5)cc4)c3)cc2)cc1. The number of furan rings is 1. The third-order valence-corrected chi connectivity index (χ3v) is 10.2. The van der Waals surface area contributed by atoms with E-state index in [-0.39, 0.29) is 0 Å². The van der Waals surface area contributed by atoms with E-state index in [1.54, 1.807) is 0 Å². The van der Waals surface area contributed by atoms with Crippen LogP contribution < -0.4 is 0 Å². The van der Waals surface area contributed by atoms with Crippen molar-refractivity contribution in [1.29, 1.82) is 0 Å². The average Bonchev–Trinajstić information content (AvgIpc) is 3.65. The van der Waals surface area contributed by atoms with Crippen LogP contribution >= 0.6 is 0 Å². The molecular formula is C51H33N3O. The lowest BCUT2D eigenvalue weighted by Crippen LogP contribution is -2.00. The topological polar surface area (TPSA) is 51.8 Å². The lowest BCUT2D eigenvalue weighted by atomic mass is 9.97. The molecule has 2 heterocycles. The summed E-state index contributed by atoms with van der Waals surface area (Å²) in [5.74, 6) is 1.81. The number of benzene rings is 8. The van der Waals surface area contributed by atoms with Crippen LogP contribution in [0, 0.1) is 0 Å². The van der Waals surface area contributed by atoms with Crippen molar-refractivity contribution < 1.29 is 4.42 Å². The third kappa shape index (κ3) is 6.36.